The number of aromatic nitrogens is 2. The lowest BCUT2D eigenvalue weighted by Crippen LogP contribution is -2.38. The third-order valence-electron chi connectivity index (χ3n) is 7.44. The van der Waals surface area contributed by atoms with E-state index in [1.54, 1.807) is 4.57 Å². The van der Waals surface area contributed by atoms with E-state index >= 15 is 4.39 Å². The van der Waals surface area contributed by atoms with E-state index in [0.717, 1.165) is 28.5 Å². The maximum absolute atomic E-state index is 15.1. The Morgan fingerprint density at radius 3 is 2.65 bits per heavy atom. The van der Waals surface area contributed by atoms with Gasteiger partial charge in [0.25, 0.3) is 5.56 Å². The molecule has 2 aliphatic heterocycles. The Labute approximate surface area is 203 Å². The number of hydrogen-bond acceptors (Lipinski definition) is 5. The quantitative estimate of drug-likeness (QED) is 0.388. The Hall–Kier alpha value is -2.64. The van der Waals surface area contributed by atoms with Crippen LogP contribution in [0, 0.1) is 5.82 Å². The van der Waals surface area contributed by atoms with E-state index in [-0.39, 0.29) is 29.7 Å². The molecular formula is C27H29FN2O3S. The Morgan fingerprint density at radius 2 is 2.03 bits per heavy atom. The molecule has 7 heteroatoms. The summed E-state index contributed by atoms with van der Waals surface area (Å²) in [5.74, 6) is 0.331. The van der Waals surface area contributed by atoms with Gasteiger partial charge in [0.15, 0.2) is 0 Å². The Morgan fingerprint density at radius 1 is 1.29 bits per heavy atom. The van der Waals surface area contributed by atoms with Crippen molar-refractivity contribution in [2.24, 2.45) is 0 Å². The molecule has 2 aliphatic rings. The van der Waals surface area contributed by atoms with E-state index in [1.807, 2.05) is 13.0 Å². The fraction of sp³-hybridized carbons (Fsp3) is 0.407. The van der Waals surface area contributed by atoms with Crippen LogP contribution in [0.2, 0.25) is 0 Å². The number of aryl methyl sites for hydroxylation is 1. The molecule has 0 saturated heterocycles. The Bertz CT molecular complexity index is 1440. The van der Waals surface area contributed by atoms with Gasteiger partial charge >= 0.3 is 0 Å². The largest absolute Gasteiger partial charge is 0.490 e. The topological polar surface area (TPSA) is 64.4 Å². The summed E-state index contributed by atoms with van der Waals surface area (Å²) in [5, 5.41) is 12.3. The molecular weight excluding hydrogens is 451 g/mol. The third kappa shape index (κ3) is 2.96. The SMILES string of the molecule is C=C1OCc2c(cc3n(c2=O)Cc2c-3nc3cc(F)c(CS)c(C(C)C)c3c2CC)[C@@]1(O)CC. The van der Waals surface area contributed by atoms with Crippen LogP contribution in [-0.4, -0.2) is 14.7 Å². The molecule has 4 heterocycles. The average molecular weight is 481 g/mol. The molecule has 34 heavy (non-hydrogen) atoms. The minimum Gasteiger partial charge on any atom is -0.490 e. The number of rotatable bonds is 4. The second-order valence-corrected chi connectivity index (χ2v) is 9.78. The van der Waals surface area contributed by atoms with Gasteiger partial charge in [0.2, 0.25) is 0 Å². The van der Waals surface area contributed by atoms with Gasteiger partial charge in [-0.1, -0.05) is 34.3 Å². The molecule has 0 saturated carbocycles. The highest BCUT2D eigenvalue weighted by molar-refractivity contribution is 7.79. The van der Waals surface area contributed by atoms with Crippen LogP contribution < -0.4 is 5.56 Å². The van der Waals surface area contributed by atoms with E-state index < -0.39 is 5.60 Å². The molecule has 0 radical (unpaired) electrons. The first-order chi connectivity index (χ1) is 16.2. The lowest BCUT2D eigenvalue weighted by molar-refractivity contribution is -0.0172. The molecule has 5 nitrogen and oxygen atoms in total. The van der Waals surface area contributed by atoms with Gasteiger partial charge in [-0.05, 0) is 36.0 Å². The molecule has 2 aromatic heterocycles. The zero-order chi connectivity index (χ0) is 24.5. The Balaban J connectivity index is 1.87. The zero-order valence-corrected chi connectivity index (χ0v) is 20.9. The number of aliphatic hydroxyl groups is 1. The third-order valence-corrected chi connectivity index (χ3v) is 7.76. The van der Waals surface area contributed by atoms with Gasteiger partial charge < -0.3 is 14.4 Å². The van der Waals surface area contributed by atoms with Crippen molar-refractivity contribution in [3.63, 3.8) is 0 Å². The lowest BCUT2D eigenvalue weighted by Gasteiger charge is -2.35. The molecule has 1 aromatic carbocycles. The van der Waals surface area contributed by atoms with Gasteiger partial charge in [0.1, 0.15) is 23.8 Å². The second-order valence-electron chi connectivity index (χ2n) is 9.47. The molecule has 178 valence electrons. The highest BCUT2D eigenvalue weighted by Crippen LogP contribution is 2.44. The van der Waals surface area contributed by atoms with Crippen LogP contribution in [0.1, 0.15) is 73.4 Å². The van der Waals surface area contributed by atoms with Gasteiger partial charge in [-0.2, -0.15) is 12.6 Å². The van der Waals surface area contributed by atoms with Gasteiger partial charge in [0.05, 0.1) is 29.0 Å². The fourth-order valence-electron chi connectivity index (χ4n) is 5.68. The smallest absolute Gasteiger partial charge is 0.258 e. The van der Waals surface area contributed by atoms with Crippen molar-refractivity contribution >= 4 is 23.5 Å². The van der Waals surface area contributed by atoms with Crippen LogP contribution in [0.3, 0.4) is 0 Å². The van der Waals surface area contributed by atoms with Crippen LogP contribution >= 0.6 is 12.6 Å². The number of pyridine rings is 2. The lowest BCUT2D eigenvalue weighted by atomic mass is 9.84. The van der Waals surface area contributed by atoms with Crippen LogP contribution in [0.15, 0.2) is 29.3 Å². The van der Waals surface area contributed by atoms with Gasteiger partial charge in [-0.3, -0.25) is 4.79 Å². The number of fused-ring (bicyclic) bond motifs is 5. The number of halogens is 1. The van der Waals surface area contributed by atoms with Crippen molar-refractivity contribution in [3.05, 3.63) is 74.0 Å². The summed E-state index contributed by atoms with van der Waals surface area (Å²) < 4.78 is 22.4. The number of nitrogens with zero attached hydrogens (tertiary/aromatic N) is 2. The molecule has 0 fully saturated rings. The molecule has 5 rings (SSSR count). The summed E-state index contributed by atoms with van der Waals surface area (Å²) in [4.78, 5) is 18.5. The van der Waals surface area contributed by atoms with Crippen molar-refractivity contribution in [2.45, 2.75) is 71.0 Å². The highest BCUT2D eigenvalue weighted by Gasteiger charge is 2.41. The van der Waals surface area contributed by atoms with Crippen molar-refractivity contribution in [1.82, 2.24) is 9.55 Å². The van der Waals surface area contributed by atoms with Crippen molar-refractivity contribution in [1.29, 1.82) is 0 Å². The van der Waals surface area contributed by atoms with E-state index in [4.69, 9.17) is 9.72 Å². The number of benzene rings is 1. The number of hydrogen-bond donors (Lipinski definition) is 2. The molecule has 0 unspecified atom stereocenters. The molecule has 0 aliphatic carbocycles. The van der Waals surface area contributed by atoms with Gasteiger partial charge in [0, 0.05) is 33.9 Å². The fourth-order valence-corrected chi connectivity index (χ4v) is 6.00. The minimum absolute atomic E-state index is 0.0794. The summed E-state index contributed by atoms with van der Waals surface area (Å²) in [6.07, 6.45) is 1.05. The molecule has 1 N–H and O–H groups in total. The Kier molecular flexibility index (Phi) is 5.41. The maximum Gasteiger partial charge on any atom is 0.258 e. The standard InChI is InChI=1S/C27H29FN2O3S/c1-6-15-16-10-30-22(8-19-17(26(30)31)11-33-14(5)27(19,32)7-2)25(16)29-21-9-20(28)18(12-34)23(13(3)4)24(15)21/h8-9,13,32,34H,5-7,10-12H2,1-4H3/t27-/m1/s1. The molecule has 0 bridgehead atoms. The van der Waals surface area contributed by atoms with E-state index in [9.17, 15) is 9.90 Å². The summed E-state index contributed by atoms with van der Waals surface area (Å²) in [5.41, 5.74) is 4.84. The monoisotopic (exact) mass is 480 g/mol. The summed E-state index contributed by atoms with van der Waals surface area (Å²) in [6.45, 7) is 12.4. The average Bonchev–Trinajstić information content (AvgIpc) is 3.18. The summed E-state index contributed by atoms with van der Waals surface area (Å²) in [7, 11) is 0. The maximum atomic E-state index is 15.1. The minimum atomic E-state index is -1.44. The molecule has 0 amide bonds. The number of ether oxygens (including phenoxy) is 1. The normalized spacial score (nSPS) is 18.8. The second kappa shape index (κ2) is 7.95. The van der Waals surface area contributed by atoms with Gasteiger partial charge in [-0.25, -0.2) is 9.37 Å². The van der Waals surface area contributed by atoms with Crippen molar-refractivity contribution in [2.75, 3.05) is 0 Å². The van der Waals surface area contributed by atoms with E-state index in [1.165, 1.54) is 6.07 Å². The first-order valence-electron chi connectivity index (χ1n) is 11.8. The van der Waals surface area contributed by atoms with Crippen molar-refractivity contribution < 1.29 is 14.2 Å². The van der Waals surface area contributed by atoms with Crippen LogP contribution in [0.5, 0.6) is 0 Å². The predicted molar refractivity (Wildman–Crippen MR) is 135 cm³/mol. The first kappa shape index (κ1) is 23.1. The van der Waals surface area contributed by atoms with Crippen molar-refractivity contribution in [3.8, 4) is 11.4 Å². The molecule has 1 atom stereocenters. The predicted octanol–water partition coefficient (Wildman–Crippen LogP) is 5.32. The van der Waals surface area contributed by atoms with Crippen LogP contribution in [0.4, 0.5) is 4.39 Å². The van der Waals surface area contributed by atoms with Crippen LogP contribution in [-0.2, 0) is 35.7 Å². The summed E-state index contributed by atoms with van der Waals surface area (Å²) >= 11 is 4.40. The first-order valence-corrected chi connectivity index (χ1v) is 12.4. The molecule has 0 spiro atoms. The number of thiol groups is 1. The van der Waals surface area contributed by atoms with E-state index in [0.29, 0.717) is 52.3 Å². The van der Waals surface area contributed by atoms with E-state index in [2.05, 4.69) is 40.0 Å². The van der Waals surface area contributed by atoms with Crippen LogP contribution in [0.25, 0.3) is 22.3 Å². The highest BCUT2D eigenvalue weighted by atomic mass is 32.1. The molecule has 3 aromatic rings. The van der Waals surface area contributed by atoms with Gasteiger partial charge in [-0.15, -0.1) is 0 Å². The summed E-state index contributed by atoms with van der Waals surface area (Å²) in [6, 6.07) is 3.34. The zero-order valence-electron chi connectivity index (χ0n) is 20.0.